The largest absolute Gasteiger partial charge is 0.356 e. The van der Waals surface area contributed by atoms with E-state index in [-0.39, 0.29) is 34.5 Å². The van der Waals surface area contributed by atoms with Crippen LogP contribution >= 0.6 is 0 Å². The van der Waals surface area contributed by atoms with Crippen LogP contribution < -0.4 is 10.9 Å². The Hall–Kier alpha value is -2.71. The topological polar surface area (TPSA) is 112 Å². The van der Waals surface area contributed by atoms with E-state index in [1.807, 2.05) is 0 Å². The second-order valence-electron chi connectivity index (χ2n) is 7.25. The van der Waals surface area contributed by atoms with Gasteiger partial charge in [-0.15, -0.1) is 5.10 Å². The molecule has 2 aromatic heterocycles. The number of likely N-dealkylation sites (tertiary alicyclic amines) is 1. The summed E-state index contributed by atoms with van der Waals surface area (Å²) in [6.45, 7) is 3.46. The summed E-state index contributed by atoms with van der Waals surface area (Å²) in [5, 5.41) is 10.8. The summed E-state index contributed by atoms with van der Waals surface area (Å²) in [4.78, 5) is 41.4. The highest BCUT2D eigenvalue weighted by Gasteiger charge is 2.31. The zero-order chi connectivity index (χ0) is 18.3. The third-order valence-corrected chi connectivity index (χ3v) is 5.15. The molecule has 0 spiro atoms. The molecule has 4 rings (SSSR count). The number of H-pyrrole nitrogens is 1. The van der Waals surface area contributed by atoms with Gasteiger partial charge in [0.2, 0.25) is 5.91 Å². The van der Waals surface area contributed by atoms with E-state index in [1.54, 1.807) is 18.0 Å². The zero-order valence-electron chi connectivity index (χ0n) is 14.7. The predicted octanol–water partition coefficient (Wildman–Crippen LogP) is 0.104. The Bertz CT molecular complexity index is 905. The molecular weight excluding hydrogens is 336 g/mol. The lowest BCUT2D eigenvalue weighted by Gasteiger charge is -2.30. The van der Waals surface area contributed by atoms with Crippen LogP contribution in [0.5, 0.6) is 0 Å². The number of piperidine rings is 1. The Labute approximate surface area is 149 Å². The molecule has 0 bridgehead atoms. The first kappa shape index (κ1) is 16.7. The molecule has 2 fully saturated rings. The summed E-state index contributed by atoms with van der Waals surface area (Å²) >= 11 is 0. The van der Waals surface area contributed by atoms with E-state index in [0.29, 0.717) is 37.5 Å². The molecule has 2 aliphatic rings. The van der Waals surface area contributed by atoms with Gasteiger partial charge in [-0.3, -0.25) is 14.4 Å². The minimum absolute atomic E-state index is 0.0549. The fourth-order valence-corrected chi connectivity index (χ4v) is 3.40. The van der Waals surface area contributed by atoms with Gasteiger partial charge in [0.25, 0.3) is 11.5 Å². The summed E-state index contributed by atoms with van der Waals surface area (Å²) in [5.41, 5.74) is 0.477. The maximum Gasteiger partial charge on any atom is 0.276 e. The number of hydrogen-bond acceptors (Lipinski definition) is 5. The quantitative estimate of drug-likeness (QED) is 0.805. The second kappa shape index (κ2) is 6.54. The minimum Gasteiger partial charge on any atom is -0.356 e. The minimum atomic E-state index is -0.382. The molecule has 9 nitrogen and oxygen atoms in total. The fraction of sp³-hybridized carbons (Fsp3) is 0.588. The van der Waals surface area contributed by atoms with Crippen LogP contribution in [0.2, 0.25) is 0 Å². The molecule has 138 valence electrons. The highest BCUT2D eigenvalue weighted by atomic mass is 16.2. The molecule has 1 aliphatic carbocycles. The standard InChI is InChI=1S/C17H22N6O3/c1-10-9-23-14(16(25)19-10)13(20-21-23)17(26)22-6-4-12(5-7-22)15(24)18-8-11-2-3-11/h9,11-12H,2-8H2,1H3,(H,18,24)(H,19,25). The third-order valence-electron chi connectivity index (χ3n) is 5.15. The van der Waals surface area contributed by atoms with Gasteiger partial charge in [-0.25, -0.2) is 4.52 Å². The number of carbonyl (C=O) groups is 2. The Balaban J connectivity index is 1.42. The molecule has 2 amide bonds. The zero-order valence-corrected chi connectivity index (χ0v) is 14.7. The first-order valence-corrected chi connectivity index (χ1v) is 9.05. The molecular formula is C17H22N6O3. The number of nitrogens with one attached hydrogen (secondary N) is 2. The molecule has 26 heavy (non-hydrogen) atoms. The van der Waals surface area contributed by atoms with Crippen molar-refractivity contribution in [2.75, 3.05) is 19.6 Å². The maximum absolute atomic E-state index is 12.8. The van der Waals surface area contributed by atoms with Gasteiger partial charge >= 0.3 is 0 Å². The summed E-state index contributed by atoms with van der Waals surface area (Å²) < 4.78 is 1.33. The van der Waals surface area contributed by atoms with E-state index >= 15 is 0 Å². The molecule has 0 atom stereocenters. The Morgan fingerprint density at radius 3 is 2.69 bits per heavy atom. The van der Waals surface area contributed by atoms with E-state index in [2.05, 4.69) is 20.6 Å². The summed E-state index contributed by atoms with van der Waals surface area (Å²) in [6.07, 6.45) is 5.28. The van der Waals surface area contributed by atoms with Crippen LogP contribution in [-0.4, -0.2) is 56.2 Å². The Kier molecular flexibility index (Phi) is 4.21. The van der Waals surface area contributed by atoms with Crippen molar-refractivity contribution >= 4 is 17.3 Å². The monoisotopic (exact) mass is 358 g/mol. The van der Waals surface area contributed by atoms with Crippen LogP contribution in [0.15, 0.2) is 11.0 Å². The van der Waals surface area contributed by atoms with Crippen LogP contribution in [0.4, 0.5) is 0 Å². The van der Waals surface area contributed by atoms with Crippen molar-refractivity contribution in [3.63, 3.8) is 0 Å². The number of rotatable bonds is 4. The number of aromatic amines is 1. The molecule has 0 unspecified atom stereocenters. The lowest BCUT2D eigenvalue weighted by molar-refractivity contribution is -0.126. The number of aromatic nitrogens is 4. The van der Waals surface area contributed by atoms with E-state index in [9.17, 15) is 14.4 Å². The number of amides is 2. The predicted molar refractivity (Wildman–Crippen MR) is 92.7 cm³/mol. The van der Waals surface area contributed by atoms with Gasteiger partial charge in [-0.05, 0) is 38.5 Å². The molecule has 2 N–H and O–H groups in total. The molecule has 0 aromatic carbocycles. The molecule has 1 aliphatic heterocycles. The Morgan fingerprint density at radius 1 is 1.27 bits per heavy atom. The van der Waals surface area contributed by atoms with Gasteiger partial charge in [0, 0.05) is 31.2 Å². The second-order valence-corrected chi connectivity index (χ2v) is 7.25. The van der Waals surface area contributed by atoms with E-state index in [0.717, 1.165) is 6.54 Å². The van der Waals surface area contributed by atoms with Crippen LogP contribution in [-0.2, 0) is 4.79 Å². The summed E-state index contributed by atoms with van der Waals surface area (Å²) in [7, 11) is 0. The average Bonchev–Trinajstić information content (AvgIpc) is 3.37. The van der Waals surface area contributed by atoms with Crippen molar-refractivity contribution in [1.82, 2.24) is 30.0 Å². The molecule has 3 heterocycles. The van der Waals surface area contributed by atoms with Crippen LogP contribution in [0, 0.1) is 18.8 Å². The number of nitrogens with zero attached hydrogens (tertiary/aromatic N) is 4. The number of hydrogen-bond donors (Lipinski definition) is 2. The smallest absolute Gasteiger partial charge is 0.276 e. The van der Waals surface area contributed by atoms with Gasteiger partial charge in [0.05, 0.1) is 6.20 Å². The van der Waals surface area contributed by atoms with Crippen molar-refractivity contribution < 1.29 is 9.59 Å². The van der Waals surface area contributed by atoms with Crippen molar-refractivity contribution in [2.24, 2.45) is 11.8 Å². The lowest BCUT2D eigenvalue weighted by atomic mass is 9.95. The first-order chi connectivity index (χ1) is 12.5. The fourth-order valence-electron chi connectivity index (χ4n) is 3.40. The van der Waals surface area contributed by atoms with Crippen LogP contribution in [0.25, 0.3) is 5.52 Å². The molecule has 0 radical (unpaired) electrons. The third kappa shape index (κ3) is 3.21. The molecule has 1 saturated carbocycles. The number of carbonyl (C=O) groups excluding carboxylic acids is 2. The maximum atomic E-state index is 12.8. The van der Waals surface area contributed by atoms with E-state index in [4.69, 9.17) is 0 Å². The van der Waals surface area contributed by atoms with Crippen molar-refractivity contribution in [2.45, 2.75) is 32.6 Å². The van der Waals surface area contributed by atoms with Gasteiger partial charge in [-0.2, -0.15) is 0 Å². The number of aryl methyl sites for hydroxylation is 1. The SMILES string of the molecule is Cc1cn2nnc(C(=O)N3CCC(C(=O)NCC4CC4)CC3)c2c(=O)[nH]1. The highest BCUT2D eigenvalue weighted by Crippen LogP contribution is 2.28. The van der Waals surface area contributed by atoms with E-state index in [1.165, 1.54) is 17.4 Å². The first-order valence-electron chi connectivity index (χ1n) is 9.05. The van der Waals surface area contributed by atoms with Gasteiger partial charge in [0.15, 0.2) is 11.2 Å². The van der Waals surface area contributed by atoms with Gasteiger partial charge in [0.1, 0.15) is 0 Å². The van der Waals surface area contributed by atoms with Gasteiger partial charge in [-0.1, -0.05) is 5.21 Å². The van der Waals surface area contributed by atoms with E-state index < -0.39 is 0 Å². The highest BCUT2D eigenvalue weighted by molar-refractivity contribution is 5.98. The molecule has 1 saturated heterocycles. The molecule has 9 heteroatoms. The normalized spacial score (nSPS) is 18.3. The number of fused-ring (bicyclic) bond motifs is 1. The summed E-state index contributed by atoms with van der Waals surface area (Å²) in [6, 6.07) is 0. The van der Waals surface area contributed by atoms with Crippen molar-refractivity contribution in [3.05, 3.63) is 27.9 Å². The lowest BCUT2D eigenvalue weighted by Crippen LogP contribution is -2.43. The van der Waals surface area contributed by atoms with Crippen molar-refractivity contribution in [1.29, 1.82) is 0 Å². The molecule has 2 aromatic rings. The average molecular weight is 358 g/mol. The van der Waals surface area contributed by atoms with Crippen molar-refractivity contribution in [3.8, 4) is 0 Å². The van der Waals surface area contributed by atoms with Crippen LogP contribution in [0.3, 0.4) is 0 Å². The van der Waals surface area contributed by atoms with Gasteiger partial charge < -0.3 is 15.2 Å². The summed E-state index contributed by atoms with van der Waals surface area (Å²) in [5.74, 6) is 0.376. The van der Waals surface area contributed by atoms with Crippen LogP contribution in [0.1, 0.15) is 41.9 Å². The Morgan fingerprint density at radius 2 is 2.00 bits per heavy atom.